The zero-order valence-corrected chi connectivity index (χ0v) is 32.5. The van der Waals surface area contributed by atoms with Gasteiger partial charge in [0.05, 0.1) is 6.61 Å². The highest BCUT2D eigenvalue weighted by Crippen LogP contribution is 2.41. The van der Waals surface area contributed by atoms with Crippen LogP contribution in [0.4, 0.5) is 0 Å². The molecule has 0 radical (unpaired) electrons. The van der Waals surface area contributed by atoms with Crippen molar-refractivity contribution < 1.29 is 9.68 Å². The SMILES string of the molecule is C=Cc1ccc(Br)cc1.CCCC(ON1C(C)(C)CCCC1(C)C)c1ccc(Br)cc1.CCON1C(C)(C)CCCC1(C)C. The summed E-state index contributed by atoms with van der Waals surface area (Å²) in [6.07, 6.45) is 11.6. The average Bonchev–Trinajstić information content (AvgIpc) is 2.93. The van der Waals surface area contributed by atoms with Gasteiger partial charge in [-0.25, -0.2) is 0 Å². The molecular weight excluding hydrogens is 676 g/mol. The largest absolute Gasteiger partial charge is 0.298 e. The summed E-state index contributed by atoms with van der Waals surface area (Å²) in [6.45, 7) is 27.0. The summed E-state index contributed by atoms with van der Waals surface area (Å²) in [5.41, 5.74) is 2.97. The molecule has 2 fully saturated rings. The van der Waals surface area contributed by atoms with Gasteiger partial charge in [-0.15, -0.1) is 0 Å². The Bertz CT molecular complexity index is 1090. The molecule has 4 rings (SSSR count). The van der Waals surface area contributed by atoms with Gasteiger partial charge in [-0.2, -0.15) is 10.1 Å². The van der Waals surface area contributed by atoms with Crippen molar-refractivity contribution in [3.05, 3.63) is 75.2 Å². The van der Waals surface area contributed by atoms with Crippen LogP contribution in [0.2, 0.25) is 0 Å². The predicted octanol–water partition coefficient (Wildman–Crippen LogP) is 12.3. The van der Waals surface area contributed by atoms with E-state index in [2.05, 4.69) is 142 Å². The first-order valence-corrected chi connectivity index (χ1v) is 18.1. The van der Waals surface area contributed by atoms with Gasteiger partial charge >= 0.3 is 0 Å². The van der Waals surface area contributed by atoms with Crippen molar-refractivity contribution in [3.8, 4) is 0 Å². The first-order chi connectivity index (χ1) is 20.5. The van der Waals surface area contributed by atoms with Crippen LogP contribution in [0.5, 0.6) is 0 Å². The van der Waals surface area contributed by atoms with Crippen LogP contribution in [0.25, 0.3) is 6.08 Å². The fraction of sp³-hybridized carbons (Fsp3) is 0.632. The number of hydroxylamine groups is 4. The van der Waals surface area contributed by atoms with Crippen molar-refractivity contribution in [1.29, 1.82) is 0 Å². The van der Waals surface area contributed by atoms with Crippen LogP contribution in [-0.4, -0.2) is 38.9 Å². The second-order valence-electron chi connectivity index (χ2n) is 14.7. The minimum absolute atomic E-state index is 0.0864. The normalized spacial score (nSPS) is 21.2. The van der Waals surface area contributed by atoms with E-state index in [-0.39, 0.29) is 28.3 Å². The summed E-state index contributed by atoms with van der Waals surface area (Å²) in [5.74, 6) is 0. The molecule has 44 heavy (non-hydrogen) atoms. The van der Waals surface area contributed by atoms with Crippen LogP contribution in [0.3, 0.4) is 0 Å². The Labute approximate surface area is 287 Å². The molecule has 0 N–H and O–H groups in total. The quantitative estimate of drug-likeness (QED) is 0.269. The number of piperidine rings is 2. The van der Waals surface area contributed by atoms with Crippen molar-refractivity contribution >= 4 is 37.9 Å². The molecule has 0 amide bonds. The van der Waals surface area contributed by atoms with Crippen LogP contribution in [-0.2, 0) is 9.68 Å². The van der Waals surface area contributed by atoms with E-state index >= 15 is 0 Å². The maximum Gasteiger partial charge on any atom is 0.104 e. The van der Waals surface area contributed by atoms with Gasteiger partial charge in [0.15, 0.2) is 0 Å². The van der Waals surface area contributed by atoms with Crippen molar-refractivity contribution in [2.75, 3.05) is 6.61 Å². The average molecular weight is 737 g/mol. The summed E-state index contributed by atoms with van der Waals surface area (Å²) in [4.78, 5) is 12.4. The third-order valence-electron chi connectivity index (χ3n) is 8.74. The van der Waals surface area contributed by atoms with Gasteiger partial charge in [0, 0.05) is 31.1 Å². The molecule has 2 aromatic rings. The van der Waals surface area contributed by atoms with E-state index in [0.717, 1.165) is 34.0 Å². The smallest absolute Gasteiger partial charge is 0.104 e. The van der Waals surface area contributed by atoms with Gasteiger partial charge in [-0.3, -0.25) is 9.68 Å². The highest BCUT2D eigenvalue weighted by atomic mass is 79.9. The molecule has 2 aromatic carbocycles. The van der Waals surface area contributed by atoms with Gasteiger partial charge in [-0.1, -0.05) is 82.1 Å². The number of benzene rings is 2. The molecule has 0 bridgehead atoms. The molecule has 0 aliphatic carbocycles. The fourth-order valence-electron chi connectivity index (χ4n) is 6.66. The Kier molecular flexibility index (Phi) is 15.3. The second-order valence-corrected chi connectivity index (χ2v) is 16.5. The summed E-state index contributed by atoms with van der Waals surface area (Å²) < 4.78 is 2.22. The summed E-state index contributed by atoms with van der Waals surface area (Å²) in [6, 6.07) is 16.6. The van der Waals surface area contributed by atoms with Crippen LogP contribution >= 0.6 is 31.9 Å². The van der Waals surface area contributed by atoms with Crippen LogP contribution in [0.15, 0.2) is 64.1 Å². The lowest BCUT2D eigenvalue weighted by Crippen LogP contribution is -2.58. The molecule has 1 unspecified atom stereocenters. The minimum atomic E-state index is 0.0864. The fourth-order valence-corrected chi connectivity index (χ4v) is 7.19. The molecule has 2 saturated heterocycles. The molecule has 248 valence electrons. The Morgan fingerprint density at radius 3 is 1.50 bits per heavy atom. The minimum Gasteiger partial charge on any atom is -0.298 e. The van der Waals surface area contributed by atoms with Crippen molar-refractivity contribution in [3.63, 3.8) is 0 Å². The van der Waals surface area contributed by atoms with Gasteiger partial charge in [-0.05, 0) is 143 Å². The Hall–Kier alpha value is -1.02. The summed E-state index contributed by atoms with van der Waals surface area (Å²) in [5, 5.41) is 4.48. The van der Waals surface area contributed by atoms with Gasteiger partial charge in [0.2, 0.25) is 0 Å². The molecule has 2 aliphatic heterocycles. The number of halogens is 2. The maximum atomic E-state index is 6.61. The highest BCUT2D eigenvalue weighted by molar-refractivity contribution is 9.10. The molecule has 1 atom stereocenters. The zero-order valence-electron chi connectivity index (χ0n) is 29.3. The molecule has 0 spiro atoms. The van der Waals surface area contributed by atoms with Gasteiger partial charge in [0.25, 0.3) is 0 Å². The first-order valence-electron chi connectivity index (χ1n) is 16.5. The molecule has 0 saturated carbocycles. The van der Waals surface area contributed by atoms with E-state index in [9.17, 15) is 0 Å². The molecule has 0 aromatic heterocycles. The van der Waals surface area contributed by atoms with Crippen LogP contribution < -0.4 is 0 Å². The van der Waals surface area contributed by atoms with Crippen molar-refractivity contribution in [1.82, 2.24) is 10.1 Å². The van der Waals surface area contributed by atoms with Crippen LogP contribution in [0.1, 0.15) is 138 Å². The number of hydrogen-bond acceptors (Lipinski definition) is 4. The molecular formula is C38H60Br2N2O2. The van der Waals surface area contributed by atoms with Crippen molar-refractivity contribution in [2.45, 2.75) is 149 Å². The Morgan fingerprint density at radius 1 is 0.705 bits per heavy atom. The lowest BCUT2D eigenvalue weighted by molar-refractivity contribution is -0.308. The van der Waals surface area contributed by atoms with E-state index in [0.29, 0.717) is 0 Å². The highest BCUT2D eigenvalue weighted by Gasteiger charge is 2.44. The van der Waals surface area contributed by atoms with Gasteiger partial charge in [0.1, 0.15) is 6.10 Å². The standard InChI is InChI=1S/C19H30BrNO.C11H23NO.C8H7Br/c1-6-8-17(15-9-11-16(20)12-10-15)22-21-18(2,3)13-7-14-19(21,4)5;1-6-13-12-10(2,3)8-7-9-11(12,4)5;1-2-7-3-5-8(9)6-4-7/h9-12,17H,6-8,13-14H2,1-5H3;6-9H2,1-5H3;2-6H,1H2. The first kappa shape index (κ1) is 39.2. The Morgan fingerprint density at radius 2 is 1.11 bits per heavy atom. The van der Waals surface area contributed by atoms with Crippen molar-refractivity contribution in [2.24, 2.45) is 0 Å². The Balaban J connectivity index is 0.000000258. The molecule has 4 nitrogen and oxygen atoms in total. The third kappa shape index (κ3) is 11.7. The zero-order chi connectivity index (χ0) is 33.2. The molecule has 2 aliphatic rings. The number of nitrogens with zero attached hydrogens (tertiary/aromatic N) is 2. The van der Waals surface area contributed by atoms with Gasteiger partial charge < -0.3 is 0 Å². The molecule has 6 heteroatoms. The lowest BCUT2D eigenvalue weighted by atomic mass is 9.82. The second kappa shape index (κ2) is 17.2. The summed E-state index contributed by atoms with van der Waals surface area (Å²) >= 11 is 6.86. The van der Waals surface area contributed by atoms with E-state index in [4.69, 9.17) is 9.68 Å². The summed E-state index contributed by atoms with van der Waals surface area (Å²) in [7, 11) is 0. The molecule has 2 heterocycles. The monoisotopic (exact) mass is 734 g/mol. The predicted molar refractivity (Wildman–Crippen MR) is 196 cm³/mol. The lowest BCUT2D eigenvalue weighted by Gasteiger charge is -2.52. The van der Waals surface area contributed by atoms with E-state index in [1.165, 1.54) is 44.1 Å². The van der Waals surface area contributed by atoms with E-state index in [1.807, 2.05) is 30.3 Å². The topological polar surface area (TPSA) is 24.9 Å². The third-order valence-corrected chi connectivity index (χ3v) is 9.80. The van der Waals surface area contributed by atoms with E-state index in [1.54, 1.807) is 0 Å². The van der Waals surface area contributed by atoms with Crippen LogP contribution in [0, 0.1) is 0 Å². The maximum absolute atomic E-state index is 6.61. The number of rotatable bonds is 8. The number of hydrogen-bond donors (Lipinski definition) is 0. The van der Waals surface area contributed by atoms with E-state index < -0.39 is 0 Å².